The number of hydrogen-bond donors (Lipinski definition) is 0. The predicted molar refractivity (Wildman–Crippen MR) is 125 cm³/mol. The van der Waals surface area contributed by atoms with E-state index in [1.165, 1.54) is 33.5 Å². The number of rotatable bonds is 3. The zero-order valence-corrected chi connectivity index (χ0v) is 20.8. The second-order valence-electron chi connectivity index (χ2n) is 9.99. The van der Waals surface area contributed by atoms with Crippen molar-refractivity contribution in [1.29, 1.82) is 0 Å². The molecule has 0 radical (unpaired) electrons. The number of nitrogens with zero attached hydrogens (tertiary/aromatic N) is 1. The van der Waals surface area contributed by atoms with Crippen LogP contribution in [0.1, 0.15) is 31.9 Å². The Morgan fingerprint density at radius 2 is 1.46 bits per heavy atom. The first-order chi connectivity index (χ1) is 13.0. The van der Waals surface area contributed by atoms with Gasteiger partial charge in [0.2, 0.25) is 0 Å². The van der Waals surface area contributed by atoms with Crippen molar-refractivity contribution in [1.82, 2.24) is 0 Å². The van der Waals surface area contributed by atoms with E-state index in [0.29, 0.717) is 0 Å². The van der Waals surface area contributed by atoms with E-state index in [1.54, 1.807) is 4.40 Å². The maximum absolute atomic E-state index is 2.50. The minimum atomic E-state index is -2.04. The molecule has 1 heterocycles. The Morgan fingerprint density at radius 3 is 2.04 bits per heavy atom. The number of benzene rings is 2. The van der Waals surface area contributed by atoms with Crippen LogP contribution in [0.4, 0.5) is 0 Å². The number of pyridine rings is 1. The maximum atomic E-state index is 2.50. The van der Waals surface area contributed by atoms with Gasteiger partial charge in [-0.3, -0.25) is 0 Å². The van der Waals surface area contributed by atoms with Gasteiger partial charge in [0.05, 0.1) is 0 Å². The molecule has 0 spiro atoms. The van der Waals surface area contributed by atoms with Gasteiger partial charge in [0.25, 0.3) is 0 Å². The zero-order chi connectivity index (χ0) is 20.7. The fourth-order valence-electron chi connectivity index (χ4n) is 3.84. The second kappa shape index (κ2) is 7.52. The summed E-state index contributed by atoms with van der Waals surface area (Å²) >= 11 is -2.04. The Morgan fingerprint density at radius 1 is 0.821 bits per heavy atom. The molecular formula is C26H34GeN+. The molecule has 0 saturated heterocycles. The molecule has 3 aromatic rings. The van der Waals surface area contributed by atoms with Crippen LogP contribution >= 0.6 is 0 Å². The summed E-state index contributed by atoms with van der Waals surface area (Å²) in [4.78, 5) is 0. The third-order valence-corrected chi connectivity index (χ3v) is 9.77. The SMILES string of the molecule is Cc1ccc(-c2ccccc2)cc1-c1c[c]([Ge]([CH3])([CH3])[CH3])c(C(C)(C)C)c[n+]1C. The van der Waals surface area contributed by atoms with E-state index in [4.69, 9.17) is 0 Å². The van der Waals surface area contributed by atoms with Crippen molar-refractivity contribution in [2.24, 2.45) is 7.05 Å². The minimum absolute atomic E-state index is 0.158. The van der Waals surface area contributed by atoms with Crippen LogP contribution in [-0.4, -0.2) is 13.3 Å². The molecule has 3 rings (SSSR count). The molecule has 0 fully saturated rings. The standard InChI is InChI=1S/C26H34GeN/c1-19-14-15-21(20-12-10-9-11-13-20)16-22(19)25-17-24(27(5,6)7)23(18-28(25)8)26(2,3)4/h9-18H,1-8H3/q+1. The summed E-state index contributed by atoms with van der Waals surface area (Å²) in [7, 11) is 2.19. The van der Waals surface area contributed by atoms with E-state index >= 15 is 0 Å². The Bertz CT molecular complexity index is 989. The van der Waals surface area contributed by atoms with Crippen LogP contribution in [0.15, 0.2) is 60.8 Å². The number of aromatic nitrogens is 1. The summed E-state index contributed by atoms with van der Waals surface area (Å²) in [5.41, 5.74) is 8.18. The van der Waals surface area contributed by atoms with E-state index in [9.17, 15) is 0 Å². The van der Waals surface area contributed by atoms with Crippen LogP contribution in [-0.2, 0) is 12.5 Å². The van der Waals surface area contributed by atoms with E-state index in [1.807, 2.05) is 0 Å². The average molecular weight is 433 g/mol. The normalized spacial score (nSPS) is 12.3. The molecular weight excluding hydrogens is 399 g/mol. The Kier molecular flexibility index (Phi) is 5.60. The fraction of sp³-hybridized carbons (Fsp3) is 0.346. The molecule has 0 amide bonds. The molecule has 1 nitrogen and oxygen atoms in total. The van der Waals surface area contributed by atoms with Gasteiger partial charge < -0.3 is 0 Å². The quantitative estimate of drug-likeness (QED) is 0.353. The molecule has 0 aliphatic rings. The third kappa shape index (κ3) is 4.25. The van der Waals surface area contributed by atoms with Gasteiger partial charge in [0.15, 0.2) is 0 Å². The molecule has 0 aliphatic carbocycles. The Labute approximate surface area is 173 Å². The van der Waals surface area contributed by atoms with Crippen LogP contribution in [0.5, 0.6) is 0 Å². The zero-order valence-electron chi connectivity index (χ0n) is 18.7. The molecule has 2 heteroatoms. The summed E-state index contributed by atoms with van der Waals surface area (Å²) in [6.45, 7) is 9.22. The van der Waals surface area contributed by atoms with E-state index in [-0.39, 0.29) is 5.41 Å². The van der Waals surface area contributed by atoms with Crippen molar-refractivity contribution in [2.75, 3.05) is 0 Å². The topological polar surface area (TPSA) is 3.88 Å². The van der Waals surface area contributed by atoms with Crippen molar-refractivity contribution >= 4 is 17.7 Å². The molecule has 0 saturated carbocycles. The fourth-order valence-corrected chi connectivity index (χ4v) is 7.66. The van der Waals surface area contributed by atoms with Crippen LogP contribution in [0.25, 0.3) is 22.4 Å². The van der Waals surface area contributed by atoms with Gasteiger partial charge >= 0.3 is 174 Å². The van der Waals surface area contributed by atoms with E-state index in [0.717, 1.165) is 0 Å². The first-order valence-electron chi connectivity index (χ1n) is 10.2. The monoisotopic (exact) mass is 434 g/mol. The molecule has 2 aromatic carbocycles. The first-order valence-corrected chi connectivity index (χ1v) is 17.5. The third-order valence-electron chi connectivity index (χ3n) is 5.51. The van der Waals surface area contributed by atoms with Gasteiger partial charge in [-0.05, 0) is 0 Å². The predicted octanol–water partition coefficient (Wildman–Crippen LogP) is 6.00. The van der Waals surface area contributed by atoms with Crippen LogP contribution in [0.2, 0.25) is 17.3 Å². The van der Waals surface area contributed by atoms with Crippen molar-refractivity contribution < 1.29 is 4.57 Å². The summed E-state index contributed by atoms with van der Waals surface area (Å²) < 4.78 is 3.94. The van der Waals surface area contributed by atoms with Crippen LogP contribution < -0.4 is 8.96 Å². The molecule has 1 aromatic heterocycles. The van der Waals surface area contributed by atoms with Gasteiger partial charge in [-0.2, -0.15) is 0 Å². The van der Waals surface area contributed by atoms with Crippen molar-refractivity contribution in [2.45, 2.75) is 50.4 Å². The molecule has 0 aliphatic heterocycles. The summed E-state index contributed by atoms with van der Waals surface area (Å²) in [5, 5.41) is 0. The molecule has 0 bridgehead atoms. The van der Waals surface area contributed by atoms with Gasteiger partial charge in [-0.1, -0.05) is 0 Å². The van der Waals surface area contributed by atoms with Gasteiger partial charge in [-0.25, -0.2) is 0 Å². The van der Waals surface area contributed by atoms with Crippen molar-refractivity contribution in [3.05, 3.63) is 71.9 Å². The number of aryl methyl sites for hydroxylation is 2. The number of hydrogen-bond acceptors (Lipinski definition) is 0. The summed E-state index contributed by atoms with van der Waals surface area (Å²) in [5.74, 6) is 7.50. The van der Waals surface area contributed by atoms with Crippen LogP contribution in [0.3, 0.4) is 0 Å². The Hall–Kier alpha value is -1.87. The van der Waals surface area contributed by atoms with Gasteiger partial charge in [-0.15, -0.1) is 0 Å². The summed E-state index contributed by atoms with van der Waals surface area (Å²) in [6.07, 6.45) is 2.38. The Balaban J connectivity index is 2.25. The van der Waals surface area contributed by atoms with Crippen molar-refractivity contribution in [3.63, 3.8) is 0 Å². The second-order valence-corrected chi connectivity index (χ2v) is 20.6. The summed E-state index contributed by atoms with van der Waals surface area (Å²) in [6, 6.07) is 20.0. The van der Waals surface area contributed by atoms with Gasteiger partial charge in [0.1, 0.15) is 0 Å². The van der Waals surface area contributed by atoms with Gasteiger partial charge in [0, 0.05) is 0 Å². The first kappa shape index (κ1) is 20.9. The molecule has 0 unspecified atom stereocenters. The molecule has 146 valence electrons. The average Bonchev–Trinajstić information content (AvgIpc) is 2.61. The molecule has 0 atom stereocenters. The van der Waals surface area contributed by atoms with Crippen molar-refractivity contribution in [3.8, 4) is 22.4 Å². The molecule has 28 heavy (non-hydrogen) atoms. The molecule has 0 N–H and O–H groups in total. The van der Waals surface area contributed by atoms with E-state index < -0.39 is 13.3 Å². The van der Waals surface area contributed by atoms with Crippen LogP contribution in [0, 0.1) is 6.92 Å². The van der Waals surface area contributed by atoms with E-state index in [2.05, 4.69) is 117 Å².